The fourth-order valence-electron chi connectivity index (χ4n) is 6.50. The van der Waals surface area contributed by atoms with E-state index in [4.69, 9.17) is 17.0 Å². The molecular formula is C25H31N3O3S2. The summed E-state index contributed by atoms with van der Waals surface area (Å²) in [6, 6.07) is 12.6. The molecule has 33 heavy (non-hydrogen) atoms. The first-order valence-corrected chi connectivity index (χ1v) is 13.5. The van der Waals surface area contributed by atoms with Gasteiger partial charge >= 0.3 is 0 Å². The van der Waals surface area contributed by atoms with Crippen LogP contribution in [0.25, 0.3) is 0 Å². The molecule has 0 spiro atoms. The summed E-state index contributed by atoms with van der Waals surface area (Å²) in [4.78, 5) is 0.294. The molecule has 4 aliphatic rings. The predicted octanol–water partition coefficient (Wildman–Crippen LogP) is 5.06. The van der Waals surface area contributed by atoms with Crippen molar-refractivity contribution < 1.29 is 13.2 Å². The molecule has 4 aliphatic carbocycles. The highest BCUT2D eigenvalue weighted by Crippen LogP contribution is 2.56. The van der Waals surface area contributed by atoms with E-state index < -0.39 is 10.0 Å². The molecule has 6 nitrogen and oxygen atoms in total. The first-order valence-electron chi connectivity index (χ1n) is 11.6. The van der Waals surface area contributed by atoms with Gasteiger partial charge in [0.05, 0.1) is 17.7 Å². The van der Waals surface area contributed by atoms with Crippen LogP contribution in [0.3, 0.4) is 0 Å². The lowest BCUT2D eigenvalue weighted by atomic mass is 9.53. The van der Waals surface area contributed by atoms with E-state index in [1.165, 1.54) is 19.3 Å². The largest absolute Gasteiger partial charge is 0.495 e. The summed E-state index contributed by atoms with van der Waals surface area (Å²) >= 11 is 5.44. The second-order valence-corrected chi connectivity index (χ2v) is 12.2. The summed E-state index contributed by atoms with van der Waals surface area (Å²) in [6.07, 6.45) is 6.80. The number of rotatable bonds is 6. The van der Waals surface area contributed by atoms with Crippen molar-refractivity contribution >= 4 is 38.7 Å². The third kappa shape index (κ3) is 4.74. The quantitative estimate of drug-likeness (QED) is 0.497. The molecule has 176 valence electrons. The highest BCUT2D eigenvalue weighted by atomic mass is 32.2. The molecule has 0 radical (unpaired) electrons. The van der Waals surface area contributed by atoms with Crippen molar-refractivity contribution in [1.29, 1.82) is 0 Å². The Hall–Kier alpha value is -2.16. The van der Waals surface area contributed by atoms with Crippen LogP contribution >= 0.6 is 12.2 Å². The van der Waals surface area contributed by atoms with Crippen LogP contribution in [0, 0.1) is 24.7 Å². The van der Waals surface area contributed by atoms with Crippen molar-refractivity contribution in [2.24, 2.45) is 17.8 Å². The van der Waals surface area contributed by atoms with E-state index in [1.54, 1.807) is 31.4 Å². The number of sulfonamides is 1. The summed E-state index contributed by atoms with van der Waals surface area (Å²) in [6.45, 7) is 2.00. The number of methoxy groups -OCH3 is 1. The topological polar surface area (TPSA) is 79.5 Å². The zero-order valence-electron chi connectivity index (χ0n) is 19.1. The van der Waals surface area contributed by atoms with Gasteiger partial charge in [-0.05, 0) is 117 Å². The van der Waals surface area contributed by atoms with Gasteiger partial charge in [0.2, 0.25) is 10.0 Å². The van der Waals surface area contributed by atoms with Crippen molar-refractivity contribution in [3.63, 3.8) is 0 Å². The van der Waals surface area contributed by atoms with E-state index in [1.807, 2.05) is 25.1 Å². The molecule has 4 bridgehead atoms. The Balaban J connectivity index is 1.25. The number of anilines is 2. The summed E-state index contributed by atoms with van der Waals surface area (Å²) in [5.74, 6) is 2.75. The predicted molar refractivity (Wildman–Crippen MR) is 135 cm³/mol. The average Bonchev–Trinajstić information content (AvgIpc) is 2.72. The number of nitrogens with one attached hydrogen (secondary N) is 3. The number of aryl methyl sites for hydroxylation is 1. The third-order valence-corrected chi connectivity index (χ3v) is 9.21. The standard InChI is InChI=1S/C25H31N3O3S2/c1-16-3-8-23(31-2)22(9-16)27-24(32)26-20-4-6-21(7-5-20)33(29,30)28-25-13-17-10-18(14-25)12-19(11-17)15-25/h3-9,17-19,28H,10-15H2,1-2H3,(H2,26,27,32). The summed E-state index contributed by atoms with van der Waals surface area (Å²) in [7, 11) is -1.96. The number of ether oxygens (including phenoxy) is 1. The lowest BCUT2D eigenvalue weighted by Crippen LogP contribution is -2.59. The Labute approximate surface area is 201 Å². The van der Waals surface area contributed by atoms with E-state index in [0.717, 1.165) is 30.5 Å². The Kier molecular flexibility index (Phi) is 5.87. The van der Waals surface area contributed by atoms with Gasteiger partial charge in [-0.15, -0.1) is 0 Å². The van der Waals surface area contributed by atoms with Crippen LogP contribution in [0.5, 0.6) is 5.75 Å². The van der Waals surface area contributed by atoms with E-state index in [0.29, 0.717) is 39.2 Å². The first-order chi connectivity index (χ1) is 15.7. The minimum atomic E-state index is -3.57. The van der Waals surface area contributed by atoms with E-state index in [2.05, 4.69) is 15.4 Å². The SMILES string of the molecule is COc1ccc(C)cc1NC(=S)Nc1ccc(S(=O)(=O)NC23CC4CC(CC(C4)C2)C3)cc1. The number of thiocarbonyl (C=S) groups is 1. The van der Waals surface area contributed by atoms with Crippen LogP contribution < -0.4 is 20.1 Å². The van der Waals surface area contributed by atoms with E-state index >= 15 is 0 Å². The Morgan fingerprint density at radius 2 is 1.58 bits per heavy atom. The molecule has 0 unspecified atom stereocenters. The van der Waals surface area contributed by atoms with Crippen molar-refractivity contribution in [2.75, 3.05) is 17.7 Å². The van der Waals surface area contributed by atoms with Crippen molar-refractivity contribution in [3.8, 4) is 5.75 Å². The fraction of sp³-hybridized carbons (Fsp3) is 0.480. The molecule has 0 atom stereocenters. The summed E-state index contributed by atoms with van der Waals surface area (Å²) in [5.41, 5.74) is 2.33. The second-order valence-electron chi connectivity index (χ2n) is 10.1. The highest BCUT2D eigenvalue weighted by Gasteiger charge is 2.52. The molecule has 4 fully saturated rings. The number of hydrogen-bond acceptors (Lipinski definition) is 4. The molecule has 0 aromatic heterocycles. The maximum absolute atomic E-state index is 13.2. The van der Waals surface area contributed by atoms with E-state index in [9.17, 15) is 8.42 Å². The van der Waals surface area contributed by atoms with Crippen LogP contribution in [0.1, 0.15) is 44.1 Å². The van der Waals surface area contributed by atoms with E-state index in [-0.39, 0.29) is 5.54 Å². The lowest BCUT2D eigenvalue weighted by Gasteiger charge is -2.56. The first kappa shape index (κ1) is 22.6. The molecule has 2 aromatic carbocycles. The van der Waals surface area contributed by atoms with Gasteiger partial charge < -0.3 is 15.4 Å². The molecule has 0 amide bonds. The summed E-state index contributed by atoms with van der Waals surface area (Å²) < 4.78 is 34.9. The fourth-order valence-corrected chi connectivity index (χ4v) is 8.16. The van der Waals surface area contributed by atoms with Crippen molar-refractivity contribution in [2.45, 2.75) is 55.9 Å². The molecular weight excluding hydrogens is 454 g/mol. The normalized spacial score (nSPS) is 27.9. The monoisotopic (exact) mass is 485 g/mol. The minimum absolute atomic E-state index is 0.247. The molecule has 0 aliphatic heterocycles. The number of benzene rings is 2. The Morgan fingerprint density at radius 3 is 2.15 bits per heavy atom. The third-order valence-electron chi connectivity index (χ3n) is 7.41. The van der Waals surface area contributed by atoms with Crippen LogP contribution in [0.2, 0.25) is 0 Å². The minimum Gasteiger partial charge on any atom is -0.495 e. The van der Waals surface area contributed by atoms with Gasteiger partial charge in [-0.3, -0.25) is 0 Å². The van der Waals surface area contributed by atoms with Gasteiger partial charge in [0.25, 0.3) is 0 Å². The van der Waals surface area contributed by atoms with Crippen LogP contribution in [-0.4, -0.2) is 26.2 Å². The molecule has 0 saturated heterocycles. The van der Waals surface area contributed by atoms with Crippen LogP contribution in [0.4, 0.5) is 11.4 Å². The molecule has 0 heterocycles. The van der Waals surface area contributed by atoms with Crippen LogP contribution in [-0.2, 0) is 10.0 Å². The molecule has 2 aromatic rings. The van der Waals surface area contributed by atoms with Gasteiger partial charge in [-0.1, -0.05) is 6.07 Å². The molecule has 4 saturated carbocycles. The number of hydrogen-bond donors (Lipinski definition) is 3. The maximum Gasteiger partial charge on any atom is 0.241 e. The van der Waals surface area contributed by atoms with Gasteiger partial charge in [-0.25, -0.2) is 13.1 Å². The zero-order chi connectivity index (χ0) is 23.2. The molecule has 3 N–H and O–H groups in total. The molecule has 6 rings (SSSR count). The highest BCUT2D eigenvalue weighted by molar-refractivity contribution is 7.89. The smallest absolute Gasteiger partial charge is 0.241 e. The van der Waals surface area contributed by atoms with Crippen molar-refractivity contribution in [3.05, 3.63) is 48.0 Å². The maximum atomic E-state index is 13.2. The zero-order valence-corrected chi connectivity index (χ0v) is 20.7. The summed E-state index contributed by atoms with van der Waals surface area (Å²) in [5, 5.41) is 6.67. The van der Waals surface area contributed by atoms with Gasteiger partial charge in [0.15, 0.2) is 5.11 Å². The van der Waals surface area contributed by atoms with Crippen LogP contribution in [0.15, 0.2) is 47.4 Å². The van der Waals surface area contributed by atoms with Gasteiger partial charge in [-0.2, -0.15) is 0 Å². The Morgan fingerprint density at radius 1 is 0.970 bits per heavy atom. The van der Waals surface area contributed by atoms with Gasteiger partial charge in [0, 0.05) is 11.2 Å². The lowest BCUT2D eigenvalue weighted by molar-refractivity contribution is -0.00810. The van der Waals surface area contributed by atoms with Crippen molar-refractivity contribution in [1.82, 2.24) is 4.72 Å². The van der Waals surface area contributed by atoms with Gasteiger partial charge in [0.1, 0.15) is 5.75 Å². The average molecular weight is 486 g/mol. The second kappa shape index (κ2) is 8.56. The Bertz CT molecular complexity index is 1130. The molecule has 8 heteroatoms.